The predicted octanol–water partition coefficient (Wildman–Crippen LogP) is 13.4. The molecule has 0 N–H and O–H groups in total. The first kappa shape index (κ1) is 43.7. The van der Waals surface area contributed by atoms with Crippen LogP contribution in [0.3, 0.4) is 0 Å². The van der Waals surface area contributed by atoms with Crippen molar-refractivity contribution < 1.29 is 4.70 Å². The lowest BCUT2D eigenvalue weighted by atomic mass is 9.84. The van der Waals surface area contributed by atoms with E-state index in [1.807, 2.05) is 0 Å². The van der Waals surface area contributed by atoms with Gasteiger partial charge in [0.05, 0.1) is 0 Å². The molecule has 4 rings (SSSR count). The molecular weight excluding hydrogens is 554 g/mol. The number of halogens is 2. The van der Waals surface area contributed by atoms with Crippen LogP contribution < -0.4 is 0 Å². The quantitative estimate of drug-likeness (QED) is 0.234. The molecule has 4 aliphatic carbocycles. The fourth-order valence-corrected chi connectivity index (χ4v) is 5.71. The summed E-state index contributed by atoms with van der Waals surface area (Å²) < 4.78 is 0. The van der Waals surface area contributed by atoms with Gasteiger partial charge in [-0.2, -0.15) is 0 Å². The SMILES string of the molecule is C.C.CC1CCC(C)CC1.CC1CCC(C)CC1.CC1CCC(C)CC1.CC1CCC(C)CC1.F.I. The Morgan fingerprint density at radius 2 is 0.306 bits per heavy atom. The van der Waals surface area contributed by atoms with Crippen LogP contribution >= 0.6 is 24.0 Å². The Bertz CT molecular complexity index is 287. The van der Waals surface area contributed by atoms with Crippen molar-refractivity contribution in [3.63, 3.8) is 0 Å². The maximum absolute atomic E-state index is 2.37. The van der Waals surface area contributed by atoms with Gasteiger partial charge in [-0.1, -0.05) is 173 Å². The molecule has 4 saturated carbocycles. The van der Waals surface area contributed by atoms with Gasteiger partial charge < -0.3 is 0 Å². The summed E-state index contributed by atoms with van der Waals surface area (Å²) in [5, 5.41) is 0. The Labute approximate surface area is 248 Å². The second-order valence-corrected chi connectivity index (χ2v) is 13.5. The minimum atomic E-state index is 0. The van der Waals surface area contributed by atoms with Crippen LogP contribution in [0.4, 0.5) is 4.70 Å². The van der Waals surface area contributed by atoms with Crippen LogP contribution in [-0.2, 0) is 0 Å². The molecule has 0 spiro atoms. The first-order chi connectivity index (χ1) is 15.2. The lowest BCUT2D eigenvalue weighted by Gasteiger charge is -2.22. The number of rotatable bonds is 0. The van der Waals surface area contributed by atoms with E-state index >= 15 is 0 Å². The molecule has 0 radical (unpaired) electrons. The van der Waals surface area contributed by atoms with Crippen molar-refractivity contribution in [2.24, 2.45) is 47.3 Å². The molecule has 36 heavy (non-hydrogen) atoms. The standard InChI is InChI=1S/4C8H16.2CH4.FH.HI/c4*1-7-3-5-8(2)6-4-7;;;;/h4*7-8H,3-6H2,1-2H3;2*1H4;2*1H. The first-order valence-electron chi connectivity index (χ1n) is 15.2. The van der Waals surface area contributed by atoms with E-state index in [0.717, 1.165) is 47.3 Å². The van der Waals surface area contributed by atoms with Crippen molar-refractivity contribution >= 4 is 24.0 Å². The summed E-state index contributed by atoms with van der Waals surface area (Å²) in [5.41, 5.74) is 0. The summed E-state index contributed by atoms with van der Waals surface area (Å²) in [6, 6.07) is 0. The van der Waals surface area contributed by atoms with E-state index in [4.69, 9.17) is 0 Å². The van der Waals surface area contributed by atoms with E-state index in [1.165, 1.54) is 103 Å². The summed E-state index contributed by atoms with van der Waals surface area (Å²) in [4.78, 5) is 0. The van der Waals surface area contributed by atoms with Crippen LogP contribution in [0, 0.1) is 47.3 Å². The zero-order valence-corrected chi connectivity index (χ0v) is 27.1. The van der Waals surface area contributed by atoms with Crippen LogP contribution in [0.25, 0.3) is 0 Å². The Balaban J connectivity index is -0.000000183. The first-order valence-corrected chi connectivity index (χ1v) is 15.2. The molecule has 0 unspecified atom stereocenters. The second-order valence-electron chi connectivity index (χ2n) is 13.5. The minimum absolute atomic E-state index is 0. The van der Waals surface area contributed by atoms with Gasteiger partial charge in [-0.3, -0.25) is 4.70 Å². The predicted molar refractivity (Wildman–Crippen MR) is 179 cm³/mol. The highest BCUT2D eigenvalue weighted by atomic mass is 127. The molecule has 0 aromatic heterocycles. The van der Waals surface area contributed by atoms with E-state index in [0.29, 0.717) is 0 Å². The molecule has 224 valence electrons. The summed E-state index contributed by atoms with van der Waals surface area (Å²) in [6.07, 6.45) is 23.6. The van der Waals surface area contributed by atoms with Crippen molar-refractivity contribution in [1.29, 1.82) is 0 Å². The van der Waals surface area contributed by atoms with Crippen LogP contribution in [-0.4, -0.2) is 0 Å². The Morgan fingerprint density at radius 3 is 0.361 bits per heavy atom. The second kappa shape index (κ2) is 25.9. The lowest BCUT2D eigenvalue weighted by molar-refractivity contribution is 0.308. The third kappa shape index (κ3) is 23.8. The molecule has 0 bridgehead atoms. The average Bonchev–Trinajstić information content (AvgIpc) is 2.78. The van der Waals surface area contributed by atoms with Crippen molar-refractivity contribution in [3.05, 3.63) is 0 Å². The van der Waals surface area contributed by atoms with E-state index in [-0.39, 0.29) is 43.5 Å². The van der Waals surface area contributed by atoms with Crippen LogP contribution in [0.1, 0.15) is 173 Å². The third-order valence-electron chi connectivity index (χ3n) is 9.22. The molecule has 0 aliphatic heterocycles. The van der Waals surface area contributed by atoms with E-state index in [2.05, 4.69) is 55.4 Å². The largest absolute Gasteiger partial charge is 0.269 e. The molecule has 4 aliphatic rings. The van der Waals surface area contributed by atoms with Gasteiger partial charge in [-0.15, -0.1) is 24.0 Å². The molecule has 0 amide bonds. The highest BCUT2D eigenvalue weighted by Gasteiger charge is 2.15. The topological polar surface area (TPSA) is 0 Å². The van der Waals surface area contributed by atoms with Gasteiger partial charge in [-0.25, -0.2) is 0 Å². The van der Waals surface area contributed by atoms with E-state index < -0.39 is 0 Å². The molecule has 0 nitrogen and oxygen atoms in total. The van der Waals surface area contributed by atoms with Crippen LogP contribution in [0.15, 0.2) is 0 Å². The zero-order valence-electron chi connectivity index (χ0n) is 24.7. The zero-order chi connectivity index (χ0) is 23.9. The molecule has 0 aromatic rings. The van der Waals surface area contributed by atoms with Crippen molar-refractivity contribution in [2.45, 2.75) is 173 Å². The van der Waals surface area contributed by atoms with E-state index in [9.17, 15) is 0 Å². The number of hydrogen-bond donors (Lipinski definition) is 0. The van der Waals surface area contributed by atoms with Crippen LogP contribution in [0.2, 0.25) is 0 Å². The molecule has 4 fully saturated rings. The maximum atomic E-state index is 2.37. The Hall–Kier alpha value is 0.660. The fourth-order valence-electron chi connectivity index (χ4n) is 5.71. The minimum Gasteiger partial charge on any atom is -0.269 e. The molecule has 0 aromatic carbocycles. The van der Waals surface area contributed by atoms with Crippen LogP contribution in [0.5, 0.6) is 0 Å². The monoisotopic (exact) mass is 628 g/mol. The molecule has 0 heterocycles. The van der Waals surface area contributed by atoms with Crippen molar-refractivity contribution in [2.75, 3.05) is 0 Å². The summed E-state index contributed by atoms with van der Waals surface area (Å²) >= 11 is 0. The van der Waals surface area contributed by atoms with Gasteiger partial charge in [0.2, 0.25) is 0 Å². The third-order valence-corrected chi connectivity index (χ3v) is 9.22. The molecular formula is C34H74FI. The highest BCUT2D eigenvalue weighted by Crippen LogP contribution is 2.29. The normalized spacial score (nSPS) is 35.3. The fraction of sp³-hybridized carbons (Fsp3) is 1.00. The Kier molecular flexibility index (Phi) is 31.5. The van der Waals surface area contributed by atoms with Crippen molar-refractivity contribution in [3.8, 4) is 0 Å². The van der Waals surface area contributed by atoms with Gasteiger partial charge in [-0.05, 0) is 47.3 Å². The average molecular weight is 629 g/mol. The highest BCUT2D eigenvalue weighted by molar-refractivity contribution is 14.0. The lowest BCUT2D eigenvalue weighted by Crippen LogP contribution is -2.08. The molecule has 0 atom stereocenters. The van der Waals surface area contributed by atoms with Gasteiger partial charge >= 0.3 is 0 Å². The smallest absolute Gasteiger partial charge is 0.0443 e. The van der Waals surface area contributed by atoms with Gasteiger partial charge in [0, 0.05) is 0 Å². The summed E-state index contributed by atoms with van der Waals surface area (Å²) in [7, 11) is 0. The van der Waals surface area contributed by atoms with Gasteiger partial charge in [0.15, 0.2) is 0 Å². The number of hydrogen-bond acceptors (Lipinski definition) is 0. The summed E-state index contributed by atoms with van der Waals surface area (Å²) in [5.74, 6) is 8.16. The van der Waals surface area contributed by atoms with Gasteiger partial charge in [0.25, 0.3) is 0 Å². The van der Waals surface area contributed by atoms with Gasteiger partial charge in [0.1, 0.15) is 0 Å². The van der Waals surface area contributed by atoms with Crippen molar-refractivity contribution in [1.82, 2.24) is 0 Å². The summed E-state index contributed by atoms with van der Waals surface area (Å²) in [6.45, 7) is 18.9. The van der Waals surface area contributed by atoms with E-state index in [1.54, 1.807) is 0 Å². The Morgan fingerprint density at radius 1 is 0.250 bits per heavy atom. The molecule has 0 saturated heterocycles. The maximum Gasteiger partial charge on any atom is -0.0443 e. The molecule has 2 heteroatoms.